The van der Waals surface area contributed by atoms with Crippen LogP contribution < -0.4 is 10.6 Å². The molecule has 1 fully saturated rings. The molecule has 0 unspecified atom stereocenters. The highest BCUT2D eigenvalue weighted by molar-refractivity contribution is 7.09. The fraction of sp³-hybridized carbons (Fsp3) is 0.438. The van der Waals surface area contributed by atoms with Gasteiger partial charge in [0, 0.05) is 17.1 Å². The van der Waals surface area contributed by atoms with Crippen molar-refractivity contribution in [2.24, 2.45) is 5.73 Å². The van der Waals surface area contributed by atoms with Gasteiger partial charge in [-0.15, -0.1) is 11.3 Å². The minimum atomic E-state index is 0.670. The molecule has 0 atom stereocenters. The van der Waals surface area contributed by atoms with Crippen molar-refractivity contribution in [3.63, 3.8) is 0 Å². The number of thiophene rings is 1. The lowest BCUT2D eigenvalue weighted by Gasteiger charge is -2.25. The lowest BCUT2D eigenvalue weighted by molar-refractivity contribution is 0.780. The van der Waals surface area contributed by atoms with Crippen LogP contribution in [0.5, 0.6) is 0 Å². The third-order valence-corrected chi connectivity index (χ3v) is 4.57. The summed E-state index contributed by atoms with van der Waals surface area (Å²) in [6.07, 6.45) is 5.47. The summed E-state index contributed by atoms with van der Waals surface area (Å²) in [5, 5.41) is 2.14. The molecule has 3 nitrogen and oxygen atoms in total. The summed E-state index contributed by atoms with van der Waals surface area (Å²) in [4.78, 5) is 8.59. The Bertz CT molecular complexity index is 561. The standard InChI is InChI=1S/C16H21N3S/c1-12-9-13(6-7-17)10-18-16(12)19(14-4-5-14)11-15-3-2-8-20-15/h2-3,8-10,14H,4-7,11,17H2,1H3. The Morgan fingerprint density at radius 1 is 1.45 bits per heavy atom. The molecule has 1 aliphatic carbocycles. The summed E-state index contributed by atoms with van der Waals surface area (Å²) >= 11 is 1.82. The number of rotatable bonds is 6. The minimum Gasteiger partial charge on any atom is -0.348 e. The summed E-state index contributed by atoms with van der Waals surface area (Å²) < 4.78 is 0. The smallest absolute Gasteiger partial charge is 0.132 e. The fourth-order valence-electron chi connectivity index (χ4n) is 2.56. The summed E-state index contributed by atoms with van der Waals surface area (Å²) in [7, 11) is 0. The second-order valence-corrected chi connectivity index (χ2v) is 6.49. The van der Waals surface area contributed by atoms with E-state index in [1.54, 1.807) is 0 Å². The molecule has 1 saturated carbocycles. The number of anilines is 1. The Labute approximate surface area is 124 Å². The molecule has 3 rings (SSSR count). The molecule has 0 aromatic carbocycles. The molecule has 0 aliphatic heterocycles. The third-order valence-electron chi connectivity index (χ3n) is 3.71. The zero-order chi connectivity index (χ0) is 13.9. The molecule has 0 amide bonds. The van der Waals surface area contributed by atoms with Crippen LogP contribution in [0.3, 0.4) is 0 Å². The molecular weight excluding hydrogens is 266 g/mol. The average Bonchev–Trinajstić information content (AvgIpc) is 3.15. The van der Waals surface area contributed by atoms with Gasteiger partial charge >= 0.3 is 0 Å². The topological polar surface area (TPSA) is 42.1 Å². The van der Waals surface area contributed by atoms with Gasteiger partial charge in [-0.1, -0.05) is 12.1 Å². The maximum absolute atomic E-state index is 5.62. The van der Waals surface area contributed by atoms with E-state index in [-0.39, 0.29) is 0 Å². The van der Waals surface area contributed by atoms with Gasteiger partial charge in [-0.25, -0.2) is 4.98 Å². The predicted octanol–water partition coefficient (Wildman–Crippen LogP) is 3.12. The van der Waals surface area contributed by atoms with Crippen molar-refractivity contribution < 1.29 is 0 Å². The van der Waals surface area contributed by atoms with Crippen molar-refractivity contribution in [1.29, 1.82) is 0 Å². The molecule has 1 aliphatic rings. The van der Waals surface area contributed by atoms with Crippen molar-refractivity contribution in [2.75, 3.05) is 11.4 Å². The second kappa shape index (κ2) is 5.94. The van der Waals surface area contributed by atoms with E-state index in [2.05, 4.69) is 35.4 Å². The van der Waals surface area contributed by atoms with Crippen molar-refractivity contribution in [1.82, 2.24) is 4.98 Å². The van der Waals surface area contributed by atoms with E-state index in [4.69, 9.17) is 10.7 Å². The first-order chi connectivity index (χ1) is 9.78. The van der Waals surface area contributed by atoms with Gasteiger partial charge in [-0.3, -0.25) is 0 Å². The highest BCUT2D eigenvalue weighted by Gasteiger charge is 2.31. The molecule has 2 N–H and O–H groups in total. The molecule has 0 spiro atoms. The normalized spacial score (nSPS) is 14.5. The number of hydrogen-bond acceptors (Lipinski definition) is 4. The van der Waals surface area contributed by atoms with Crippen LogP contribution in [0, 0.1) is 6.92 Å². The maximum atomic E-state index is 5.62. The summed E-state index contributed by atoms with van der Waals surface area (Å²) in [5.41, 5.74) is 8.12. The molecular formula is C16H21N3S. The number of pyridine rings is 1. The lowest BCUT2D eigenvalue weighted by Crippen LogP contribution is -2.26. The van der Waals surface area contributed by atoms with Gasteiger partial charge < -0.3 is 10.6 Å². The predicted molar refractivity (Wildman–Crippen MR) is 85.3 cm³/mol. The van der Waals surface area contributed by atoms with Crippen LogP contribution in [0.4, 0.5) is 5.82 Å². The second-order valence-electron chi connectivity index (χ2n) is 5.46. The Morgan fingerprint density at radius 3 is 2.90 bits per heavy atom. The van der Waals surface area contributed by atoms with E-state index >= 15 is 0 Å². The van der Waals surface area contributed by atoms with Crippen molar-refractivity contribution in [3.8, 4) is 0 Å². The van der Waals surface area contributed by atoms with E-state index in [1.165, 1.54) is 28.8 Å². The Hall–Kier alpha value is -1.39. The van der Waals surface area contributed by atoms with Crippen molar-refractivity contribution in [2.45, 2.75) is 38.8 Å². The van der Waals surface area contributed by atoms with Gasteiger partial charge in [0.1, 0.15) is 5.82 Å². The van der Waals surface area contributed by atoms with E-state index in [9.17, 15) is 0 Å². The number of nitrogens with two attached hydrogens (primary N) is 1. The first-order valence-corrected chi connectivity index (χ1v) is 8.10. The van der Waals surface area contributed by atoms with Gasteiger partial charge in [-0.05, 0) is 55.3 Å². The molecule has 2 heterocycles. The highest BCUT2D eigenvalue weighted by Crippen LogP contribution is 2.34. The molecule has 2 aromatic heterocycles. The SMILES string of the molecule is Cc1cc(CCN)cnc1N(Cc1cccs1)C1CC1. The third kappa shape index (κ3) is 3.02. The first-order valence-electron chi connectivity index (χ1n) is 7.22. The van der Waals surface area contributed by atoms with E-state index in [1.807, 2.05) is 17.5 Å². The average molecular weight is 287 g/mol. The molecule has 4 heteroatoms. The number of nitrogens with zero attached hydrogens (tertiary/aromatic N) is 2. The van der Waals surface area contributed by atoms with Gasteiger partial charge in [0.2, 0.25) is 0 Å². The van der Waals surface area contributed by atoms with Crippen LogP contribution in [0.1, 0.15) is 28.8 Å². The maximum Gasteiger partial charge on any atom is 0.132 e. The highest BCUT2D eigenvalue weighted by atomic mass is 32.1. The summed E-state index contributed by atoms with van der Waals surface area (Å²) in [6.45, 7) is 3.82. The Balaban J connectivity index is 1.83. The molecule has 0 radical (unpaired) electrons. The van der Waals surface area contributed by atoms with Crippen molar-refractivity contribution >= 4 is 17.2 Å². The van der Waals surface area contributed by atoms with Crippen LogP contribution in [-0.4, -0.2) is 17.6 Å². The number of aromatic nitrogens is 1. The summed E-state index contributed by atoms with van der Waals surface area (Å²) in [6, 6.07) is 7.23. The lowest BCUT2D eigenvalue weighted by atomic mass is 10.1. The van der Waals surface area contributed by atoms with Crippen LogP contribution in [0.15, 0.2) is 29.8 Å². The van der Waals surface area contributed by atoms with E-state index in [0.29, 0.717) is 12.6 Å². The van der Waals surface area contributed by atoms with Gasteiger partial charge in [0.05, 0.1) is 6.54 Å². The van der Waals surface area contributed by atoms with E-state index in [0.717, 1.165) is 18.8 Å². The molecule has 20 heavy (non-hydrogen) atoms. The number of aryl methyl sites for hydroxylation is 1. The zero-order valence-electron chi connectivity index (χ0n) is 11.9. The van der Waals surface area contributed by atoms with Gasteiger partial charge in [0.15, 0.2) is 0 Å². The monoisotopic (exact) mass is 287 g/mol. The molecule has 0 bridgehead atoms. The van der Waals surface area contributed by atoms with Gasteiger partial charge in [0.25, 0.3) is 0 Å². The molecule has 106 valence electrons. The number of hydrogen-bond donors (Lipinski definition) is 1. The Kier molecular flexibility index (Phi) is 4.03. The minimum absolute atomic E-state index is 0.670. The van der Waals surface area contributed by atoms with Crippen LogP contribution in [0.25, 0.3) is 0 Å². The van der Waals surface area contributed by atoms with Crippen LogP contribution >= 0.6 is 11.3 Å². The van der Waals surface area contributed by atoms with Crippen LogP contribution in [-0.2, 0) is 13.0 Å². The largest absolute Gasteiger partial charge is 0.348 e. The van der Waals surface area contributed by atoms with Crippen molar-refractivity contribution in [3.05, 3.63) is 45.8 Å². The molecule has 0 saturated heterocycles. The van der Waals surface area contributed by atoms with Crippen LogP contribution in [0.2, 0.25) is 0 Å². The Morgan fingerprint density at radius 2 is 2.30 bits per heavy atom. The fourth-order valence-corrected chi connectivity index (χ4v) is 3.27. The van der Waals surface area contributed by atoms with Gasteiger partial charge in [-0.2, -0.15) is 0 Å². The quantitative estimate of drug-likeness (QED) is 0.887. The zero-order valence-corrected chi connectivity index (χ0v) is 12.7. The summed E-state index contributed by atoms with van der Waals surface area (Å²) in [5.74, 6) is 1.14. The first kappa shape index (κ1) is 13.6. The van der Waals surface area contributed by atoms with E-state index < -0.39 is 0 Å². The molecule has 2 aromatic rings.